The Hall–Kier alpha value is -3.96. The zero-order chi connectivity index (χ0) is 29.0. The molecule has 39 heavy (non-hydrogen) atoms. The maximum absolute atomic E-state index is 13.3. The molecule has 2 fully saturated rings. The van der Waals surface area contributed by atoms with Gasteiger partial charge in [0.25, 0.3) is 0 Å². The number of rotatable bonds is 5. The highest BCUT2D eigenvalue weighted by Crippen LogP contribution is 2.35. The Morgan fingerprint density at radius 3 is 2.18 bits per heavy atom. The van der Waals surface area contributed by atoms with Crippen LogP contribution >= 0.6 is 0 Å². The summed E-state index contributed by atoms with van der Waals surface area (Å²) in [5, 5.41) is 10.3. The molecule has 0 bridgehead atoms. The molecule has 1 saturated heterocycles. The summed E-state index contributed by atoms with van der Waals surface area (Å²) in [4.78, 5) is 34.6. The first-order valence-electron chi connectivity index (χ1n) is 12.7. The molecule has 9 nitrogen and oxygen atoms in total. The number of carbonyl (C=O) groups excluding carboxylic acids is 3. The monoisotopic (exact) mass is 548 g/mol. The van der Waals surface area contributed by atoms with Gasteiger partial charge in [0, 0.05) is 30.7 Å². The zero-order valence-corrected chi connectivity index (χ0v) is 22.2. The van der Waals surface area contributed by atoms with Gasteiger partial charge in [-0.1, -0.05) is 38.5 Å². The molecule has 0 atom stereocenters. The maximum atomic E-state index is 13.3. The van der Waals surface area contributed by atoms with Crippen LogP contribution < -0.4 is 15.5 Å². The minimum absolute atomic E-state index is 0.0477. The number of pyridine rings is 1. The molecule has 1 aromatic carbocycles. The molecule has 2 aromatic heterocycles. The van der Waals surface area contributed by atoms with Gasteiger partial charge >= 0.3 is 6.18 Å². The van der Waals surface area contributed by atoms with Crippen LogP contribution in [0.1, 0.15) is 51.5 Å². The molecule has 3 aromatic rings. The first-order chi connectivity index (χ1) is 18.8. The molecule has 2 N–H and O–H groups in total. The largest absolute Gasteiger partial charge is 0.418 e. The van der Waals surface area contributed by atoms with Crippen LogP contribution in [-0.2, 0) is 20.6 Å². The molecule has 5 rings (SSSR count). The molecular formula is C27H35F3N6O3. The van der Waals surface area contributed by atoms with Gasteiger partial charge in [-0.2, -0.15) is 22.7 Å². The van der Waals surface area contributed by atoms with Crippen LogP contribution in [0.5, 0.6) is 0 Å². The van der Waals surface area contributed by atoms with Gasteiger partial charge in [0.2, 0.25) is 11.9 Å². The third-order valence-corrected chi connectivity index (χ3v) is 5.93. The van der Waals surface area contributed by atoms with Crippen molar-refractivity contribution in [1.29, 1.82) is 0 Å². The second kappa shape index (κ2) is 14.8. The molecule has 0 spiro atoms. The summed E-state index contributed by atoms with van der Waals surface area (Å²) in [6, 6.07) is 11.2. The Balaban J connectivity index is 0.000000700. The average Bonchev–Trinajstić information content (AvgIpc) is 3.71. The molecule has 12 heteroatoms. The fourth-order valence-electron chi connectivity index (χ4n) is 4.07. The minimum Gasteiger partial charge on any atom is -0.382 e. The molecule has 1 aliphatic heterocycles. The van der Waals surface area contributed by atoms with Crippen molar-refractivity contribution in [2.45, 2.75) is 58.2 Å². The van der Waals surface area contributed by atoms with E-state index in [0.717, 1.165) is 24.7 Å². The van der Waals surface area contributed by atoms with Gasteiger partial charge in [0.05, 0.1) is 5.56 Å². The van der Waals surface area contributed by atoms with Gasteiger partial charge in [0.1, 0.15) is 19.4 Å². The van der Waals surface area contributed by atoms with Crippen LogP contribution in [0.25, 0.3) is 5.65 Å². The fourth-order valence-corrected chi connectivity index (χ4v) is 4.07. The average molecular weight is 549 g/mol. The summed E-state index contributed by atoms with van der Waals surface area (Å²) < 4.78 is 41.5. The lowest BCUT2D eigenvalue weighted by molar-refractivity contribution is -0.137. The number of carbonyl (C=O) groups is 3. The van der Waals surface area contributed by atoms with E-state index in [9.17, 15) is 18.0 Å². The van der Waals surface area contributed by atoms with Crippen molar-refractivity contribution < 1.29 is 27.6 Å². The van der Waals surface area contributed by atoms with Crippen LogP contribution in [0.4, 0.5) is 30.6 Å². The number of amides is 1. The molecule has 2 aliphatic rings. The molecule has 0 unspecified atom stereocenters. The third-order valence-electron chi connectivity index (χ3n) is 5.93. The van der Waals surface area contributed by atoms with E-state index in [2.05, 4.69) is 39.5 Å². The second-order valence-corrected chi connectivity index (χ2v) is 9.01. The van der Waals surface area contributed by atoms with E-state index in [0.29, 0.717) is 31.6 Å². The van der Waals surface area contributed by atoms with Crippen LogP contribution in [0.3, 0.4) is 0 Å². The molecule has 3 heterocycles. The molecule has 1 saturated carbocycles. The number of halogens is 3. The van der Waals surface area contributed by atoms with E-state index < -0.39 is 11.7 Å². The number of hydrogen-bond acceptors (Lipinski definition) is 7. The fraction of sp³-hybridized carbons (Fsp3) is 0.444. The Kier molecular flexibility index (Phi) is 11.9. The van der Waals surface area contributed by atoms with E-state index in [1.165, 1.54) is 18.6 Å². The van der Waals surface area contributed by atoms with Crippen molar-refractivity contribution in [2.75, 3.05) is 28.6 Å². The van der Waals surface area contributed by atoms with Crippen molar-refractivity contribution in [3.63, 3.8) is 0 Å². The van der Waals surface area contributed by atoms with Gasteiger partial charge in [-0.15, -0.1) is 5.10 Å². The van der Waals surface area contributed by atoms with Gasteiger partial charge in [-0.05, 0) is 49.9 Å². The van der Waals surface area contributed by atoms with Crippen LogP contribution in [0, 0.1) is 5.92 Å². The normalized spacial score (nSPS) is 15.1. The van der Waals surface area contributed by atoms with E-state index in [1.807, 2.05) is 31.8 Å². The SMILES string of the molecule is C=O.C=O.CCC.O=C(Nc1nc2cccc(N3CCC(Nc4ccccc4C(F)(F)F)CC3)n2n1)C1CC1. The minimum atomic E-state index is -4.39. The van der Waals surface area contributed by atoms with Crippen molar-refractivity contribution in [2.24, 2.45) is 5.92 Å². The Morgan fingerprint density at radius 1 is 0.974 bits per heavy atom. The van der Waals surface area contributed by atoms with Gasteiger partial charge < -0.3 is 19.8 Å². The van der Waals surface area contributed by atoms with Crippen molar-refractivity contribution >= 4 is 42.6 Å². The molecule has 1 amide bonds. The van der Waals surface area contributed by atoms with Crippen LogP contribution in [0.15, 0.2) is 42.5 Å². The number of aromatic nitrogens is 3. The van der Waals surface area contributed by atoms with Gasteiger partial charge in [-0.3, -0.25) is 10.1 Å². The van der Waals surface area contributed by atoms with E-state index in [-0.39, 0.29) is 29.5 Å². The van der Waals surface area contributed by atoms with E-state index in [1.54, 1.807) is 10.6 Å². The number of hydrogen-bond donors (Lipinski definition) is 2. The van der Waals surface area contributed by atoms with Gasteiger partial charge in [-0.25, -0.2) is 0 Å². The third kappa shape index (κ3) is 8.52. The van der Waals surface area contributed by atoms with E-state index >= 15 is 0 Å². The molecule has 0 radical (unpaired) electrons. The summed E-state index contributed by atoms with van der Waals surface area (Å²) in [5.41, 5.74) is 0.108. The lowest BCUT2D eigenvalue weighted by atomic mass is 10.0. The number of piperidine rings is 1. The maximum Gasteiger partial charge on any atom is 0.418 e. The number of benzene rings is 1. The summed E-state index contributed by atoms with van der Waals surface area (Å²) in [6.45, 7) is 9.57. The molecule has 212 valence electrons. The lowest BCUT2D eigenvalue weighted by Crippen LogP contribution is -2.40. The van der Waals surface area contributed by atoms with Crippen molar-refractivity contribution in [3.8, 4) is 0 Å². The Bertz CT molecular complexity index is 1190. The quantitative estimate of drug-likeness (QED) is 0.450. The standard InChI is InChI=1S/C22H23F3N6O.C3H8.2CH2O/c23-22(24,25)16-4-1-2-5-17(16)26-15-10-12-30(13-11-15)19-7-3-6-18-27-21(29-31(18)19)28-20(32)14-8-9-14;1-3-2;2*1-2/h1-7,14-15,26H,8-13H2,(H,28,29,32);3H2,1-2H3;2*1H2. The molecular weight excluding hydrogens is 513 g/mol. The van der Waals surface area contributed by atoms with Crippen LogP contribution in [0.2, 0.25) is 0 Å². The Morgan fingerprint density at radius 2 is 1.59 bits per heavy atom. The number of nitrogens with zero attached hydrogens (tertiary/aromatic N) is 4. The number of para-hydroxylation sites is 1. The highest BCUT2D eigenvalue weighted by molar-refractivity contribution is 5.92. The van der Waals surface area contributed by atoms with Crippen LogP contribution in [-0.4, -0.2) is 53.2 Å². The van der Waals surface area contributed by atoms with Crippen molar-refractivity contribution in [3.05, 3.63) is 48.0 Å². The first-order valence-corrected chi connectivity index (χ1v) is 12.7. The molecule has 1 aliphatic carbocycles. The van der Waals surface area contributed by atoms with E-state index in [4.69, 9.17) is 9.59 Å². The summed E-state index contributed by atoms with van der Waals surface area (Å²) in [5.74, 6) is 1.15. The summed E-state index contributed by atoms with van der Waals surface area (Å²) >= 11 is 0. The second-order valence-electron chi connectivity index (χ2n) is 9.01. The Labute approximate surface area is 225 Å². The highest BCUT2D eigenvalue weighted by atomic mass is 19.4. The predicted octanol–water partition coefficient (Wildman–Crippen LogP) is 5.22. The van der Waals surface area contributed by atoms with Gasteiger partial charge in [0.15, 0.2) is 5.65 Å². The number of anilines is 3. The smallest absolute Gasteiger partial charge is 0.382 e. The lowest BCUT2D eigenvalue weighted by Gasteiger charge is -2.34. The number of nitrogens with one attached hydrogen (secondary N) is 2. The zero-order valence-electron chi connectivity index (χ0n) is 22.2. The summed E-state index contributed by atoms with van der Waals surface area (Å²) in [7, 11) is 0. The summed E-state index contributed by atoms with van der Waals surface area (Å²) in [6.07, 6.45) is 0.0342. The topological polar surface area (TPSA) is 109 Å². The van der Waals surface area contributed by atoms with Crippen molar-refractivity contribution in [1.82, 2.24) is 14.6 Å². The predicted molar refractivity (Wildman–Crippen MR) is 145 cm³/mol. The number of fused-ring (bicyclic) bond motifs is 1. The highest BCUT2D eigenvalue weighted by Gasteiger charge is 2.34. The first kappa shape index (κ1) is 31.3. The number of alkyl halides is 3.